The molecule has 0 aliphatic heterocycles. The van der Waals surface area contributed by atoms with Crippen LogP contribution in [-0.4, -0.2) is 0 Å². The largest absolute Gasteiger partial charge is 3.00 e. The van der Waals surface area contributed by atoms with Gasteiger partial charge in [-0.25, -0.2) is 15.8 Å². The van der Waals surface area contributed by atoms with Crippen molar-refractivity contribution < 1.29 is 21.1 Å². The van der Waals surface area contributed by atoms with Crippen LogP contribution in [-0.2, 0) is 59.0 Å². The summed E-state index contributed by atoms with van der Waals surface area (Å²) in [6.45, 7) is 0. The van der Waals surface area contributed by atoms with E-state index < -0.39 is 0 Å². The van der Waals surface area contributed by atoms with Crippen molar-refractivity contribution in [3.63, 3.8) is 0 Å². The van der Waals surface area contributed by atoms with E-state index in [0.29, 0.717) is 0 Å². The normalized spacial score (nSPS) is 2.10. The summed E-state index contributed by atoms with van der Waals surface area (Å²) in [6.07, 6.45) is 0. The molecule has 0 fully saturated rings. The van der Waals surface area contributed by atoms with Crippen molar-refractivity contribution in [2.75, 3.05) is 0 Å². The van der Waals surface area contributed by atoms with Gasteiger partial charge in [-0.15, -0.1) is 0 Å². The van der Waals surface area contributed by atoms with Gasteiger partial charge in [-0.3, -0.25) is 0 Å². The van der Waals surface area contributed by atoms with Crippen LogP contribution in [0.15, 0.2) is 0 Å². The fraction of sp³-hybridized carbons (Fsp3) is 0. The van der Waals surface area contributed by atoms with Crippen molar-refractivity contribution >= 4 is 37.9 Å². The van der Waals surface area contributed by atoms with Gasteiger partial charge in [-0.1, -0.05) is 16.2 Å². The van der Waals surface area contributed by atoms with Crippen LogP contribution in [0.3, 0.4) is 0 Å². The zero-order valence-corrected chi connectivity index (χ0v) is 8.93. The van der Waals surface area contributed by atoms with E-state index in [1.54, 1.807) is 0 Å². The predicted octanol–water partition coefficient (Wildman–Crippen LogP) is 0.0406. The number of nitriles is 3. The first-order valence-electron chi connectivity index (χ1n) is 1.28. The molecule has 0 rings (SSSR count). The van der Waals surface area contributed by atoms with Gasteiger partial charge in [-0.05, 0) is 0 Å². The molecule has 0 heterocycles. The molecule has 0 aromatic rings. The third kappa shape index (κ3) is 11000. The summed E-state index contributed by atoms with van der Waals surface area (Å²) in [5, 5.41) is 25.4. The Kier molecular flexibility index (Phi) is 153. The molecule has 10 heavy (non-hydrogen) atoms. The van der Waals surface area contributed by atoms with Crippen LogP contribution in [0.4, 0.5) is 0 Å². The Bertz CT molecular complexity index is 112. The third-order valence-electron chi connectivity index (χ3n) is 0. The number of nitrogens with zero attached hydrogens (tertiary/aromatic N) is 3. The minimum absolute atomic E-state index is 0. The molecular weight excluding hydrogens is 270 g/mol. The van der Waals surface area contributed by atoms with Gasteiger partial charge < -0.3 is 37.9 Å². The zero-order valence-electron chi connectivity index (χ0n) is 4.47. The van der Waals surface area contributed by atoms with Gasteiger partial charge in [0.05, 0.1) is 0 Å². The molecule has 51 valence electrons. The van der Waals surface area contributed by atoms with Crippen molar-refractivity contribution in [1.29, 1.82) is 15.8 Å². The Morgan fingerprint density at radius 3 is 0.700 bits per heavy atom. The standard InChI is InChI=1S/3CHNS.Mo/c3*2-1-3;/h3*3H;/q;;;+3/p-3. The maximum atomic E-state index is 7.13. The number of rotatable bonds is 0. The van der Waals surface area contributed by atoms with Crippen LogP contribution in [0.1, 0.15) is 0 Å². The van der Waals surface area contributed by atoms with Gasteiger partial charge in [0.2, 0.25) is 0 Å². The van der Waals surface area contributed by atoms with E-state index in [2.05, 4.69) is 37.9 Å². The number of thiocyanates is 3. The maximum Gasteiger partial charge on any atom is 3.00 e. The minimum Gasteiger partial charge on any atom is -0.696 e. The first kappa shape index (κ1) is 22.6. The molecule has 0 N–H and O–H groups in total. The van der Waals surface area contributed by atoms with Crippen molar-refractivity contribution in [3.8, 4) is 16.2 Å². The summed E-state index contributed by atoms with van der Waals surface area (Å²) >= 11 is 11.1. The van der Waals surface area contributed by atoms with Crippen molar-refractivity contribution in [3.05, 3.63) is 0 Å². The smallest absolute Gasteiger partial charge is 0.696 e. The SMILES string of the molecule is N#C[S-].N#C[S-].N#C[S-].[Mo+3]. The van der Waals surface area contributed by atoms with Crippen LogP contribution in [0, 0.1) is 32.0 Å². The van der Waals surface area contributed by atoms with Crippen LogP contribution in [0.5, 0.6) is 0 Å². The van der Waals surface area contributed by atoms with Gasteiger partial charge in [0.1, 0.15) is 0 Å². The molecule has 0 aliphatic carbocycles. The van der Waals surface area contributed by atoms with E-state index in [1.807, 2.05) is 0 Å². The molecule has 0 amide bonds. The average Bonchev–Trinajstić information content (AvgIpc) is 1.70. The van der Waals surface area contributed by atoms with Gasteiger partial charge in [0, 0.05) is 0 Å². The summed E-state index contributed by atoms with van der Waals surface area (Å²) in [5.74, 6) is 0. The van der Waals surface area contributed by atoms with Gasteiger partial charge in [0.25, 0.3) is 0 Å². The van der Waals surface area contributed by atoms with E-state index in [0.717, 1.165) is 0 Å². The second-order valence-electron chi connectivity index (χ2n) is 0.274. The van der Waals surface area contributed by atoms with Crippen LogP contribution in [0.25, 0.3) is 0 Å². The molecular formula is C3MoN3S3. The number of hydrogen-bond donors (Lipinski definition) is 0. The fourth-order valence-corrected chi connectivity index (χ4v) is 0. The zero-order chi connectivity index (χ0) is 8.12. The van der Waals surface area contributed by atoms with Gasteiger partial charge in [0.15, 0.2) is 0 Å². The van der Waals surface area contributed by atoms with E-state index in [9.17, 15) is 0 Å². The summed E-state index contributed by atoms with van der Waals surface area (Å²) in [4.78, 5) is 0. The molecule has 0 spiro atoms. The Morgan fingerprint density at radius 2 is 0.700 bits per heavy atom. The van der Waals surface area contributed by atoms with E-state index >= 15 is 0 Å². The molecule has 0 aromatic carbocycles. The monoisotopic (exact) mass is 272 g/mol. The minimum atomic E-state index is 0. The average molecular weight is 270 g/mol. The molecule has 0 aromatic heterocycles. The Morgan fingerprint density at radius 1 is 0.700 bits per heavy atom. The topological polar surface area (TPSA) is 71.4 Å². The summed E-state index contributed by atoms with van der Waals surface area (Å²) in [5.41, 5.74) is 0. The van der Waals surface area contributed by atoms with Crippen LogP contribution >= 0.6 is 0 Å². The summed E-state index contributed by atoms with van der Waals surface area (Å²) < 4.78 is 0. The third-order valence-corrected chi connectivity index (χ3v) is 0. The van der Waals surface area contributed by atoms with Crippen molar-refractivity contribution in [2.24, 2.45) is 0 Å². The second-order valence-corrected chi connectivity index (χ2v) is 0.822. The molecule has 0 saturated carbocycles. The molecule has 1 radical (unpaired) electrons. The van der Waals surface area contributed by atoms with E-state index in [-0.39, 0.29) is 21.1 Å². The maximum absolute atomic E-state index is 7.13. The molecule has 0 unspecified atom stereocenters. The quantitative estimate of drug-likeness (QED) is 0.351. The molecule has 3 nitrogen and oxygen atoms in total. The number of hydrogen-bond acceptors (Lipinski definition) is 6. The van der Waals surface area contributed by atoms with Gasteiger partial charge in [-0.2, -0.15) is 0 Å². The Hall–Kier alpha value is -0.182. The molecule has 0 atom stereocenters. The van der Waals surface area contributed by atoms with Crippen molar-refractivity contribution in [1.82, 2.24) is 0 Å². The Balaban J connectivity index is -0.0000000257. The van der Waals surface area contributed by atoms with Crippen molar-refractivity contribution in [2.45, 2.75) is 0 Å². The molecule has 7 heteroatoms. The second kappa shape index (κ2) is 67.9. The summed E-state index contributed by atoms with van der Waals surface area (Å²) in [7, 11) is 0. The predicted molar refractivity (Wildman–Crippen MR) is 38.9 cm³/mol. The van der Waals surface area contributed by atoms with E-state index in [4.69, 9.17) is 15.8 Å². The molecule has 0 aliphatic rings. The first-order chi connectivity index (χ1) is 4.24. The first-order valence-corrected chi connectivity index (χ1v) is 2.51. The fourth-order valence-electron chi connectivity index (χ4n) is 0. The Labute approximate surface area is 90.5 Å². The van der Waals surface area contributed by atoms with Gasteiger partial charge >= 0.3 is 21.1 Å². The van der Waals surface area contributed by atoms with Crippen LogP contribution < -0.4 is 0 Å². The molecule has 0 bridgehead atoms. The van der Waals surface area contributed by atoms with E-state index in [1.165, 1.54) is 16.2 Å². The molecule has 0 saturated heterocycles. The summed E-state index contributed by atoms with van der Waals surface area (Å²) in [6, 6.07) is 0. The van der Waals surface area contributed by atoms with Crippen LogP contribution in [0.2, 0.25) is 0 Å².